The first-order valence-electron chi connectivity index (χ1n) is 2.78. The number of esters is 1. The molecule has 0 aromatic carbocycles. The minimum Gasteiger partial charge on any atom is -0.457 e. The molecule has 4 heteroatoms. The van der Waals surface area contributed by atoms with Crippen LogP contribution in [-0.2, 0) is 9.53 Å². The van der Waals surface area contributed by atoms with Gasteiger partial charge in [-0.15, -0.1) is 0 Å². The fourth-order valence-corrected chi connectivity index (χ4v) is 0.421. The summed E-state index contributed by atoms with van der Waals surface area (Å²) in [7, 11) is 0. The van der Waals surface area contributed by atoms with Gasteiger partial charge < -0.3 is 16.0 Å². The fourth-order valence-electron chi connectivity index (χ4n) is 0.421. The van der Waals surface area contributed by atoms with Gasteiger partial charge in [-0.2, -0.15) is 0 Å². The molecule has 0 amide bonds. The van der Waals surface area contributed by atoms with Crippen molar-refractivity contribution in [1.29, 1.82) is 0 Å². The summed E-state index contributed by atoms with van der Waals surface area (Å²) in [6, 6.07) is 0. The van der Waals surface area contributed by atoms with Crippen molar-refractivity contribution in [2.75, 3.05) is 6.61 Å². The Morgan fingerprint density at radius 3 is 2.10 bits per heavy atom. The predicted molar refractivity (Wildman–Crippen MR) is 38.0 cm³/mol. The molecule has 0 radical (unpaired) electrons. The molecule has 10 heavy (non-hydrogen) atoms. The Balaban J connectivity index is 0. The van der Waals surface area contributed by atoms with E-state index in [1.54, 1.807) is 13.8 Å². The van der Waals surface area contributed by atoms with Crippen LogP contribution in [0.25, 0.3) is 0 Å². The molecule has 0 aromatic heterocycles. The van der Waals surface area contributed by atoms with E-state index in [-0.39, 0.29) is 18.7 Å². The average Bonchev–Trinajstić information content (AvgIpc) is 1.63. The number of hydrogen-bond donors (Lipinski definition) is 2. The van der Waals surface area contributed by atoms with Gasteiger partial charge in [-0.25, -0.2) is 0 Å². The van der Waals surface area contributed by atoms with Gasteiger partial charge in [0, 0.05) is 6.92 Å². The first-order valence-corrected chi connectivity index (χ1v) is 2.78. The summed E-state index contributed by atoms with van der Waals surface area (Å²) in [5.74, 6) is -0.367. The lowest BCUT2D eigenvalue weighted by atomic mass is 10.1. The van der Waals surface area contributed by atoms with Crippen molar-refractivity contribution in [1.82, 2.24) is 6.15 Å². The molecule has 0 aliphatic rings. The van der Waals surface area contributed by atoms with Gasteiger partial charge >= 0.3 is 5.97 Å². The molecular weight excluding hydrogens is 134 g/mol. The second-order valence-corrected chi connectivity index (χ2v) is 2.51. The van der Waals surface area contributed by atoms with Crippen LogP contribution in [-0.4, -0.2) is 23.3 Å². The Labute approximate surface area is 60.8 Å². The van der Waals surface area contributed by atoms with Crippen LogP contribution in [0.2, 0.25) is 0 Å². The Kier molecular flexibility index (Phi) is 5.14. The van der Waals surface area contributed by atoms with Gasteiger partial charge in [0.15, 0.2) is 0 Å². The van der Waals surface area contributed by atoms with Crippen LogP contribution in [0.3, 0.4) is 0 Å². The van der Waals surface area contributed by atoms with E-state index in [1.165, 1.54) is 6.92 Å². The highest BCUT2D eigenvalue weighted by molar-refractivity contribution is 5.66. The highest BCUT2D eigenvalue weighted by Gasteiger charge is 2.18. The van der Waals surface area contributed by atoms with E-state index in [1.807, 2.05) is 0 Å². The van der Waals surface area contributed by atoms with Crippen LogP contribution in [0.4, 0.5) is 0 Å². The van der Waals surface area contributed by atoms with Crippen LogP contribution < -0.4 is 6.15 Å². The third-order valence-corrected chi connectivity index (χ3v) is 0.801. The average molecular weight is 149 g/mol. The van der Waals surface area contributed by atoms with E-state index in [4.69, 9.17) is 9.84 Å². The number of carbonyl (C=O) groups is 1. The van der Waals surface area contributed by atoms with Crippen molar-refractivity contribution < 1.29 is 14.6 Å². The van der Waals surface area contributed by atoms with Crippen molar-refractivity contribution in [2.24, 2.45) is 0 Å². The largest absolute Gasteiger partial charge is 0.457 e. The first-order chi connectivity index (χ1) is 3.98. The van der Waals surface area contributed by atoms with Gasteiger partial charge in [-0.3, -0.25) is 4.79 Å². The molecule has 0 aliphatic carbocycles. The second-order valence-electron chi connectivity index (χ2n) is 2.51. The van der Waals surface area contributed by atoms with E-state index in [2.05, 4.69) is 0 Å². The molecule has 0 spiro atoms. The Hall–Kier alpha value is -0.610. The molecule has 0 aromatic rings. The number of carbonyl (C=O) groups excluding carboxylic acids is 1. The number of aliphatic hydroxyl groups is 1. The molecule has 4 N–H and O–H groups in total. The Morgan fingerprint density at radius 1 is 1.60 bits per heavy atom. The highest BCUT2D eigenvalue weighted by Crippen LogP contribution is 2.06. The highest BCUT2D eigenvalue weighted by atomic mass is 16.6. The molecule has 4 nitrogen and oxygen atoms in total. The number of ether oxygens (including phenoxy) is 1. The molecule has 0 saturated carbocycles. The summed E-state index contributed by atoms with van der Waals surface area (Å²) in [4.78, 5) is 10.3. The number of rotatable bonds is 2. The summed E-state index contributed by atoms with van der Waals surface area (Å²) in [5.41, 5.74) is -0.730. The standard InChI is InChI=1S/C6H12O3.H3N/c1-5(8)9-6(2,3)4-7;/h7H,4H2,1-3H3;1H3. The molecule has 0 atom stereocenters. The number of aliphatic hydroxyl groups excluding tert-OH is 1. The molecule has 62 valence electrons. The van der Waals surface area contributed by atoms with Crippen molar-refractivity contribution in [3.63, 3.8) is 0 Å². The second kappa shape index (κ2) is 4.24. The minimum atomic E-state index is -0.730. The van der Waals surface area contributed by atoms with Crippen LogP contribution >= 0.6 is 0 Å². The smallest absolute Gasteiger partial charge is 0.303 e. The summed E-state index contributed by atoms with van der Waals surface area (Å²) in [6.45, 7) is 4.47. The zero-order valence-electron chi connectivity index (χ0n) is 6.68. The van der Waals surface area contributed by atoms with Gasteiger partial charge in [-0.1, -0.05) is 0 Å². The zero-order valence-corrected chi connectivity index (χ0v) is 6.68. The SMILES string of the molecule is CC(=O)OC(C)(C)CO.N. The van der Waals surface area contributed by atoms with Gasteiger partial charge in [-0.05, 0) is 13.8 Å². The van der Waals surface area contributed by atoms with E-state index < -0.39 is 5.60 Å². The lowest BCUT2D eigenvalue weighted by Crippen LogP contribution is -2.30. The first kappa shape index (κ1) is 12.1. The van der Waals surface area contributed by atoms with E-state index in [0.29, 0.717) is 0 Å². The molecule has 0 bridgehead atoms. The predicted octanol–water partition coefficient (Wildman–Crippen LogP) is 0.482. The zero-order chi connectivity index (χ0) is 7.49. The topological polar surface area (TPSA) is 81.5 Å². The van der Waals surface area contributed by atoms with Crippen molar-refractivity contribution in [2.45, 2.75) is 26.4 Å². The van der Waals surface area contributed by atoms with Crippen LogP contribution in [0.15, 0.2) is 0 Å². The molecule has 0 heterocycles. The van der Waals surface area contributed by atoms with E-state index in [0.717, 1.165) is 0 Å². The fraction of sp³-hybridized carbons (Fsp3) is 0.833. The maximum Gasteiger partial charge on any atom is 0.303 e. The monoisotopic (exact) mass is 149 g/mol. The molecule has 0 unspecified atom stereocenters. The van der Waals surface area contributed by atoms with Crippen LogP contribution in [0.5, 0.6) is 0 Å². The number of hydrogen-bond acceptors (Lipinski definition) is 4. The van der Waals surface area contributed by atoms with Crippen LogP contribution in [0, 0.1) is 0 Å². The summed E-state index contributed by atoms with van der Waals surface area (Å²) in [6.07, 6.45) is 0. The Bertz CT molecular complexity index is 112. The quantitative estimate of drug-likeness (QED) is 0.559. The summed E-state index contributed by atoms with van der Waals surface area (Å²) in [5, 5.41) is 8.57. The molecule has 0 rings (SSSR count). The lowest BCUT2D eigenvalue weighted by Gasteiger charge is -2.20. The van der Waals surface area contributed by atoms with Gasteiger partial charge in [0.2, 0.25) is 0 Å². The van der Waals surface area contributed by atoms with Crippen molar-refractivity contribution >= 4 is 5.97 Å². The molecular formula is C6H15NO3. The summed E-state index contributed by atoms with van der Waals surface area (Å²) < 4.78 is 4.70. The summed E-state index contributed by atoms with van der Waals surface area (Å²) >= 11 is 0. The van der Waals surface area contributed by atoms with E-state index in [9.17, 15) is 4.79 Å². The maximum absolute atomic E-state index is 10.3. The molecule has 0 aliphatic heterocycles. The van der Waals surface area contributed by atoms with Crippen LogP contribution in [0.1, 0.15) is 20.8 Å². The Morgan fingerprint density at radius 2 is 2.00 bits per heavy atom. The maximum atomic E-state index is 10.3. The van der Waals surface area contributed by atoms with Gasteiger partial charge in [0.1, 0.15) is 5.60 Å². The van der Waals surface area contributed by atoms with E-state index >= 15 is 0 Å². The van der Waals surface area contributed by atoms with Crippen molar-refractivity contribution in [3.8, 4) is 0 Å². The van der Waals surface area contributed by atoms with Crippen molar-refractivity contribution in [3.05, 3.63) is 0 Å². The molecule has 0 fully saturated rings. The third kappa shape index (κ3) is 5.53. The van der Waals surface area contributed by atoms with Gasteiger partial charge in [0.05, 0.1) is 6.61 Å². The molecule has 0 saturated heterocycles. The minimum absolute atomic E-state index is 0. The lowest BCUT2D eigenvalue weighted by molar-refractivity contribution is -0.157. The third-order valence-electron chi connectivity index (χ3n) is 0.801. The normalized spacial score (nSPS) is 10.0. The van der Waals surface area contributed by atoms with Gasteiger partial charge in [0.25, 0.3) is 0 Å².